The van der Waals surface area contributed by atoms with Crippen LogP contribution in [0.1, 0.15) is 11.4 Å². The van der Waals surface area contributed by atoms with E-state index in [0.717, 1.165) is 30.1 Å². The monoisotopic (exact) mass is 454 g/mol. The van der Waals surface area contributed by atoms with Crippen molar-refractivity contribution in [1.82, 2.24) is 20.0 Å². The Morgan fingerprint density at radius 3 is 2.48 bits per heavy atom. The molecule has 154 valence electrons. The number of thioether (sulfide) groups is 1. The fourth-order valence-corrected chi connectivity index (χ4v) is 3.16. The molecule has 0 atom stereocenters. The van der Waals surface area contributed by atoms with Crippen molar-refractivity contribution in [2.24, 2.45) is 0 Å². The van der Waals surface area contributed by atoms with E-state index in [-0.39, 0.29) is 10.8 Å². The Labute approximate surface area is 168 Å². The summed E-state index contributed by atoms with van der Waals surface area (Å²) in [7, 11) is 0. The first kappa shape index (κ1) is 21.2. The van der Waals surface area contributed by atoms with Crippen molar-refractivity contribution in [1.29, 1.82) is 0 Å². The minimum absolute atomic E-state index is 0.213. The summed E-state index contributed by atoms with van der Waals surface area (Å²) in [6.07, 6.45) is -6.87. The van der Waals surface area contributed by atoms with Gasteiger partial charge in [-0.25, -0.2) is 4.68 Å². The summed E-state index contributed by atoms with van der Waals surface area (Å²) in [6, 6.07) is 5.92. The van der Waals surface area contributed by atoms with Crippen molar-refractivity contribution >= 4 is 23.4 Å². The molecule has 0 N–H and O–H groups in total. The molecule has 0 aliphatic rings. The van der Waals surface area contributed by atoms with Crippen molar-refractivity contribution in [3.63, 3.8) is 0 Å². The summed E-state index contributed by atoms with van der Waals surface area (Å²) in [5.41, 5.74) is -0.231. The lowest BCUT2D eigenvalue weighted by atomic mass is 10.3. The van der Waals surface area contributed by atoms with Gasteiger partial charge in [-0.3, -0.25) is 4.98 Å². The third kappa shape index (κ3) is 5.76. The maximum absolute atomic E-state index is 12.7. The summed E-state index contributed by atoms with van der Waals surface area (Å²) >= 11 is 6.89. The van der Waals surface area contributed by atoms with Gasteiger partial charge in [-0.05, 0) is 30.3 Å². The minimum Gasteiger partial charge on any atom is -0.404 e. The average molecular weight is 455 g/mol. The maximum Gasteiger partial charge on any atom is 0.573 e. The minimum atomic E-state index is -4.87. The molecule has 0 radical (unpaired) electrons. The maximum atomic E-state index is 12.7. The van der Waals surface area contributed by atoms with Crippen molar-refractivity contribution < 1.29 is 31.1 Å². The number of alkyl halides is 6. The Hall–Kier alpha value is -2.47. The molecular formula is C16H9ClF6N4OS. The standard InChI is InChI=1S/C16H9ClF6N4OS/c17-12-5-10(1-2-13(12)28-16(21,22)23)27-7-9(25-26-27)8-29-11-3-4-24-14(6-11)15(18,19)20/h1-7H,8H2. The van der Waals surface area contributed by atoms with Crippen LogP contribution in [-0.4, -0.2) is 26.3 Å². The average Bonchev–Trinajstić information content (AvgIpc) is 3.09. The first-order valence-electron chi connectivity index (χ1n) is 7.64. The van der Waals surface area contributed by atoms with E-state index < -0.39 is 24.0 Å². The predicted octanol–water partition coefficient (Wildman–Crippen LogP) is 5.53. The van der Waals surface area contributed by atoms with E-state index >= 15 is 0 Å². The second-order valence-electron chi connectivity index (χ2n) is 5.48. The first-order valence-corrected chi connectivity index (χ1v) is 9.00. The van der Waals surface area contributed by atoms with Gasteiger partial charge in [-0.2, -0.15) is 13.2 Å². The van der Waals surface area contributed by atoms with E-state index in [1.165, 1.54) is 29.1 Å². The van der Waals surface area contributed by atoms with Crippen LogP contribution < -0.4 is 4.74 Å². The zero-order valence-electron chi connectivity index (χ0n) is 14.0. The van der Waals surface area contributed by atoms with Gasteiger partial charge < -0.3 is 4.74 Å². The fourth-order valence-electron chi connectivity index (χ4n) is 2.14. The summed E-state index contributed by atoms with van der Waals surface area (Å²) in [5, 5.41) is 7.46. The number of halogens is 7. The molecule has 2 heterocycles. The van der Waals surface area contributed by atoms with E-state index in [0.29, 0.717) is 16.3 Å². The van der Waals surface area contributed by atoms with Crippen LogP contribution in [0.15, 0.2) is 47.6 Å². The third-order valence-corrected chi connectivity index (χ3v) is 4.68. The van der Waals surface area contributed by atoms with Gasteiger partial charge in [0.05, 0.1) is 22.6 Å². The highest BCUT2D eigenvalue weighted by molar-refractivity contribution is 7.98. The highest BCUT2D eigenvalue weighted by Gasteiger charge is 2.33. The van der Waals surface area contributed by atoms with Gasteiger partial charge in [0.1, 0.15) is 11.4 Å². The zero-order chi connectivity index (χ0) is 21.2. The molecule has 0 fully saturated rings. The lowest BCUT2D eigenvalue weighted by Crippen LogP contribution is -2.17. The van der Waals surface area contributed by atoms with E-state index in [1.807, 2.05) is 0 Å². The Morgan fingerprint density at radius 2 is 1.83 bits per heavy atom. The zero-order valence-corrected chi connectivity index (χ0v) is 15.6. The second kappa shape index (κ2) is 8.11. The molecule has 0 unspecified atom stereocenters. The first-order chi connectivity index (χ1) is 13.5. The molecular weight excluding hydrogens is 446 g/mol. The summed E-state index contributed by atoms with van der Waals surface area (Å²) in [5.74, 6) is -0.346. The van der Waals surface area contributed by atoms with Crippen LogP contribution in [0.25, 0.3) is 5.69 Å². The molecule has 13 heteroatoms. The van der Waals surface area contributed by atoms with Crippen LogP contribution in [-0.2, 0) is 11.9 Å². The van der Waals surface area contributed by atoms with Gasteiger partial charge in [0, 0.05) is 16.8 Å². The topological polar surface area (TPSA) is 52.8 Å². The van der Waals surface area contributed by atoms with Gasteiger partial charge >= 0.3 is 12.5 Å². The van der Waals surface area contributed by atoms with Crippen molar-refractivity contribution in [3.8, 4) is 11.4 Å². The Balaban J connectivity index is 1.69. The van der Waals surface area contributed by atoms with Crippen LogP contribution >= 0.6 is 23.4 Å². The Bertz CT molecular complexity index is 1010. The molecule has 0 aliphatic carbocycles. The smallest absolute Gasteiger partial charge is 0.404 e. The molecule has 0 aliphatic heterocycles. The molecule has 0 bridgehead atoms. The molecule has 0 saturated heterocycles. The van der Waals surface area contributed by atoms with Gasteiger partial charge in [-0.15, -0.1) is 30.0 Å². The highest BCUT2D eigenvalue weighted by atomic mass is 35.5. The highest BCUT2D eigenvalue weighted by Crippen LogP contribution is 2.32. The number of ether oxygens (including phenoxy) is 1. The Kier molecular flexibility index (Phi) is 5.94. The summed E-state index contributed by atoms with van der Waals surface area (Å²) in [4.78, 5) is 3.63. The molecule has 0 saturated carbocycles. The van der Waals surface area contributed by atoms with Crippen LogP contribution in [0.3, 0.4) is 0 Å². The number of nitrogens with zero attached hydrogens (tertiary/aromatic N) is 4. The number of hydrogen-bond acceptors (Lipinski definition) is 5. The van der Waals surface area contributed by atoms with Crippen molar-refractivity contribution in [3.05, 3.63) is 59.1 Å². The lowest BCUT2D eigenvalue weighted by molar-refractivity contribution is -0.274. The number of hydrogen-bond donors (Lipinski definition) is 0. The SMILES string of the molecule is FC(F)(F)Oc1ccc(-n2cc(CSc3ccnc(C(F)(F)F)c3)nn2)cc1Cl. The van der Waals surface area contributed by atoms with Gasteiger partial charge in [-0.1, -0.05) is 16.8 Å². The molecule has 2 aromatic heterocycles. The van der Waals surface area contributed by atoms with Gasteiger partial charge in [0.2, 0.25) is 0 Å². The van der Waals surface area contributed by atoms with Crippen LogP contribution in [0.2, 0.25) is 5.02 Å². The van der Waals surface area contributed by atoms with E-state index in [9.17, 15) is 26.3 Å². The number of aromatic nitrogens is 4. The third-order valence-electron chi connectivity index (χ3n) is 3.36. The van der Waals surface area contributed by atoms with E-state index in [2.05, 4.69) is 20.0 Å². The van der Waals surface area contributed by atoms with Crippen molar-refractivity contribution in [2.45, 2.75) is 23.2 Å². The summed E-state index contributed by atoms with van der Waals surface area (Å²) < 4.78 is 80.0. The molecule has 1 aromatic carbocycles. The Morgan fingerprint density at radius 1 is 1.07 bits per heavy atom. The largest absolute Gasteiger partial charge is 0.573 e. The molecule has 0 amide bonds. The normalized spacial score (nSPS) is 12.2. The quantitative estimate of drug-likeness (QED) is 0.375. The molecule has 3 rings (SSSR count). The van der Waals surface area contributed by atoms with E-state index in [1.54, 1.807) is 0 Å². The predicted molar refractivity (Wildman–Crippen MR) is 91.9 cm³/mol. The van der Waals surface area contributed by atoms with Crippen LogP contribution in [0, 0.1) is 0 Å². The van der Waals surface area contributed by atoms with Gasteiger partial charge in [0.15, 0.2) is 0 Å². The molecule has 0 spiro atoms. The van der Waals surface area contributed by atoms with E-state index in [4.69, 9.17) is 11.6 Å². The number of rotatable bonds is 5. The fraction of sp³-hybridized carbons (Fsp3) is 0.188. The summed E-state index contributed by atoms with van der Waals surface area (Å²) in [6.45, 7) is 0. The molecule has 29 heavy (non-hydrogen) atoms. The van der Waals surface area contributed by atoms with Crippen LogP contribution in [0.4, 0.5) is 26.3 Å². The molecule has 5 nitrogen and oxygen atoms in total. The lowest BCUT2D eigenvalue weighted by Gasteiger charge is -2.11. The van der Waals surface area contributed by atoms with Gasteiger partial charge in [0.25, 0.3) is 0 Å². The van der Waals surface area contributed by atoms with Crippen LogP contribution in [0.5, 0.6) is 5.75 Å². The number of pyridine rings is 1. The molecule has 3 aromatic rings. The van der Waals surface area contributed by atoms with Crippen molar-refractivity contribution in [2.75, 3.05) is 0 Å². The second-order valence-corrected chi connectivity index (χ2v) is 6.94. The number of benzene rings is 1.